The summed E-state index contributed by atoms with van der Waals surface area (Å²) in [5, 5.41) is 8.75. The number of fused-ring (bicyclic) bond motifs is 4. The zero-order chi connectivity index (χ0) is 29.6. The molecule has 1 fully saturated rings. The Bertz CT molecular complexity index is 1710. The minimum absolute atomic E-state index is 0.00582. The van der Waals surface area contributed by atoms with Crippen LogP contribution in [0.15, 0.2) is 41.3 Å². The predicted molar refractivity (Wildman–Crippen MR) is 163 cm³/mol. The number of rotatable bonds is 4. The molecule has 220 valence electrons. The van der Waals surface area contributed by atoms with Crippen molar-refractivity contribution in [2.45, 2.75) is 65.3 Å². The highest BCUT2D eigenvalue weighted by Gasteiger charge is 2.34. The highest BCUT2D eigenvalue weighted by Crippen LogP contribution is 2.35. The summed E-state index contributed by atoms with van der Waals surface area (Å²) >= 11 is 6.58. The molecule has 4 heterocycles. The Morgan fingerprint density at radius 2 is 1.88 bits per heavy atom. The molecular weight excluding hydrogens is 552 g/mol. The van der Waals surface area contributed by atoms with E-state index in [0.29, 0.717) is 62.6 Å². The molecule has 0 aliphatic carbocycles. The number of aryl methyl sites for hydroxylation is 1. The molecule has 2 aliphatic heterocycles. The maximum atomic E-state index is 14.0. The van der Waals surface area contributed by atoms with Gasteiger partial charge in [0.2, 0.25) is 11.8 Å². The summed E-state index contributed by atoms with van der Waals surface area (Å²) in [5.41, 5.74) is 4.73. The van der Waals surface area contributed by atoms with Crippen LogP contribution in [0.5, 0.6) is 0 Å². The monoisotopic (exact) mass is 588 g/mol. The number of nitrogens with one attached hydrogen (secondary N) is 2. The first-order valence-electron chi connectivity index (χ1n) is 14.8. The van der Waals surface area contributed by atoms with Crippen LogP contribution in [0.2, 0.25) is 5.02 Å². The number of piperidine rings is 1. The Labute approximate surface area is 249 Å². The van der Waals surface area contributed by atoms with E-state index in [1.54, 1.807) is 6.20 Å². The fourth-order valence-electron chi connectivity index (χ4n) is 6.53. The van der Waals surface area contributed by atoms with E-state index in [1.807, 2.05) is 40.1 Å². The van der Waals surface area contributed by atoms with Gasteiger partial charge in [-0.15, -0.1) is 0 Å². The lowest BCUT2D eigenvalue weighted by atomic mass is 9.87. The van der Waals surface area contributed by atoms with E-state index in [4.69, 9.17) is 11.6 Å². The topological polar surface area (TPSA) is 115 Å². The molecule has 9 nitrogen and oxygen atoms in total. The van der Waals surface area contributed by atoms with Crippen molar-refractivity contribution in [2.75, 3.05) is 19.6 Å². The zero-order valence-corrected chi connectivity index (χ0v) is 25.1. The Morgan fingerprint density at radius 3 is 2.64 bits per heavy atom. The number of aromatic amines is 2. The van der Waals surface area contributed by atoms with E-state index in [0.717, 1.165) is 33.1 Å². The van der Waals surface area contributed by atoms with Gasteiger partial charge in [0.05, 0.1) is 27.8 Å². The van der Waals surface area contributed by atoms with Crippen LogP contribution in [-0.4, -0.2) is 61.4 Å². The molecule has 0 spiro atoms. The minimum Gasteiger partial charge on any atom is -0.343 e. The Balaban J connectivity index is 1.18. The summed E-state index contributed by atoms with van der Waals surface area (Å²) in [7, 11) is 0. The fourth-order valence-corrected chi connectivity index (χ4v) is 6.81. The Morgan fingerprint density at radius 1 is 1.12 bits per heavy atom. The van der Waals surface area contributed by atoms with Gasteiger partial charge in [-0.05, 0) is 60.4 Å². The van der Waals surface area contributed by atoms with Crippen LogP contribution in [0.25, 0.3) is 21.9 Å². The van der Waals surface area contributed by atoms with Crippen LogP contribution >= 0.6 is 11.6 Å². The summed E-state index contributed by atoms with van der Waals surface area (Å²) < 4.78 is 0. The van der Waals surface area contributed by atoms with Crippen LogP contribution < -0.4 is 5.56 Å². The third-order valence-electron chi connectivity index (χ3n) is 8.61. The van der Waals surface area contributed by atoms with Gasteiger partial charge in [-0.25, -0.2) is 4.98 Å². The van der Waals surface area contributed by atoms with Crippen LogP contribution in [0, 0.1) is 11.3 Å². The second-order valence-electron chi connectivity index (χ2n) is 13.0. The van der Waals surface area contributed by atoms with Gasteiger partial charge in [-0.1, -0.05) is 44.5 Å². The van der Waals surface area contributed by atoms with Gasteiger partial charge in [0, 0.05) is 49.8 Å². The van der Waals surface area contributed by atoms with Crippen LogP contribution in [0.4, 0.5) is 0 Å². The molecule has 1 saturated heterocycles. The number of carbonyl (C=O) groups excluding carboxylic acids is 2. The Kier molecular flexibility index (Phi) is 7.55. The lowest BCUT2D eigenvalue weighted by Gasteiger charge is -2.36. The second kappa shape index (κ2) is 11.2. The third-order valence-corrected chi connectivity index (χ3v) is 8.91. The van der Waals surface area contributed by atoms with Crippen molar-refractivity contribution in [2.24, 2.45) is 11.3 Å². The number of hydrogen-bond acceptors (Lipinski definition) is 5. The van der Waals surface area contributed by atoms with Gasteiger partial charge in [0.25, 0.3) is 5.56 Å². The van der Waals surface area contributed by atoms with Gasteiger partial charge in [-0.2, -0.15) is 5.10 Å². The molecule has 2 N–H and O–H groups in total. The highest BCUT2D eigenvalue weighted by molar-refractivity contribution is 6.35. The molecule has 0 unspecified atom stereocenters. The lowest BCUT2D eigenvalue weighted by Crippen LogP contribution is -2.45. The van der Waals surface area contributed by atoms with Gasteiger partial charge in [-0.3, -0.25) is 19.5 Å². The molecule has 2 aromatic carbocycles. The summed E-state index contributed by atoms with van der Waals surface area (Å²) in [5.74, 6) is -0.396. The maximum Gasteiger partial charge on any atom is 0.270 e. The van der Waals surface area contributed by atoms with E-state index >= 15 is 0 Å². The quantitative estimate of drug-likeness (QED) is 0.341. The average molecular weight is 589 g/mol. The summed E-state index contributed by atoms with van der Waals surface area (Å²) in [6.45, 7) is 8.49. The summed E-state index contributed by atoms with van der Waals surface area (Å²) in [4.78, 5) is 51.7. The number of hydrogen-bond donors (Lipinski definition) is 2. The van der Waals surface area contributed by atoms with Crippen LogP contribution in [-0.2, 0) is 22.6 Å². The van der Waals surface area contributed by atoms with Crippen molar-refractivity contribution in [1.82, 2.24) is 30.0 Å². The number of para-hydroxylation sites is 2. The predicted octanol–water partition coefficient (Wildman–Crippen LogP) is 5.19. The molecule has 2 amide bonds. The Hall–Kier alpha value is -3.72. The number of benzene rings is 2. The molecule has 0 radical (unpaired) electrons. The third kappa shape index (κ3) is 5.67. The largest absolute Gasteiger partial charge is 0.343 e. The van der Waals surface area contributed by atoms with Crippen LogP contribution in [0.3, 0.4) is 0 Å². The van der Waals surface area contributed by atoms with E-state index < -0.39 is 5.92 Å². The standard InChI is InChI=1S/C32H37ClN6O3/c1-32(2,3)18-39-17-23-20(14-24(33)29-22(23)16-34-37-29)8-9-21(31(39)42)15-27(40)38-12-10-19(11-13-38)28-30(41)36-26-7-5-4-6-25(26)35-28/h4-7,14,16,19,21H,8-13,15,17-18H2,1-3H3,(H,34,37)(H,36,41)/t21-/m0/s1. The summed E-state index contributed by atoms with van der Waals surface area (Å²) in [6.07, 6.45) is 4.54. The first kappa shape index (κ1) is 28.4. The fraction of sp³-hybridized carbons (Fsp3) is 0.469. The molecule has 0 bridgehead atoms. The molecule has 6 rings (SSSR count). The SMILES string of the molecule is CC(C)(C)CN1Cc2c(cc(Cl)c3[nH]ncc23)CC[C@@H](CC(=O)N2CCC(c3nc4ccccc4[nH]c3=O)CC2)C1=O. The summed E-state index contributed by atoms with van der Waals surface area (Å²) in [6, 6.07) is 9.50. The molecule has 1 atom stereocenters. The number of H-pyrrole nitrogens is 2. The first-order chi connectivity index (χ1) is 20.1. The number of halogens is 1. The van der Waals surface area contributed by atoms with Crippen molar-refractivity contribution in [3.05, 3.63) is 68.7 Å². The molecule has 2 aliphatic rings. The van der Waals surface area contributed by atoms with Crippen LogP contribution in [0.1, 0.15) is 69.2 Å². The van der Waals surface area contributed by atoms with E-state index in [9.17, 15) is 14.4 Å². The number of likely N-dealkylation sites (tertiary alicyclic amines) is 1. The van der Waals surface area contributed by atoms with Crippen molar-refractivity contribution in [3.8, 4) is 0 Å². The minimum atomic E-state index is -0.408. The zero-order valence-electron chi connectivity index (χ0n) is 24.4. The average Bonchev–Trinajstić information content (AvgIpc) is 3.45. The van der Waals surface area contributed by atoms with Crippen molar-refractivity contribution < 1.29 is 9.59 Å². The molecule has 4 aromatic rings. The first-order valence-corrected chi connectivity index (χ1v) is 15.1. The second-order valence-corrected chi connectivity index (χ2v) is 13.4. The smallest absolute Gasteiger partial charge is 0.270 e. The van der Waals surface area contributed by atoms with E-state index in [-0.39, 0.29) is 35.1 Å². The number of aromatic nitrogens is 4. The van der Waals surface area contributed by atoms with Gasteiger partial charge < -0.3 is 14.8 Å². The number of amides is 2. The number of nitrogens with zero attached hydrogens (tertiary/aromatic N) is 4. The maximum absolute atomic E-state index is 14.0. The molecular formula is C32H37ClN6O3. The lowest BCUT2D eigenvalue weighted by molar-refractivity contribution is -0.143. The molecule has 0 saturated carbocycles. The highest BCUT2D eigenvalue weighted by atomic mass is 35.5. The van der Waals surface area contributed by atoms with E-state index in [1.165, 1.54) is 0 Å². The van der Waals surface area contributed by atoms with Gasteiger partial charge >= 0.3 is 0 Å². The van der Waals surface area contributed by atoms with Crippen molar-refractivity contribution >= 4 is 45.4 Å². The normalized spacial score (nSPS) is 18.8. The number of carbonyl (C=O) groups is 2. The van der Waals surface area contributed by atoms with Gasteiger partial charge in [0.15, 0.2) is 0 Å². The molecule has 10 heteroatoms. The van der Waals surface area contributed by atoms with E-state index in [2.05, 4.69) is 40.9 Å². The molecule has 2 aromatic heterocycles. The van der Waals surface area contributed by atoms with Gasteiger partial charge in [0.1, 0.15) is 5.69 Å². The van der Waals surface area contributed by atoms with Crippen molar-refractivity contribution in [3.63, 3.8) is 0 Å². The molecule has 42 heavy (non-hydrogen) atoms. The van der Waals surface area contributed by atoms with Crippen molar-refractivity contribution in [1.29, 1.82) is 0 Å².